The molecule has 54 valence electrons. The molecule has 0 amide bonds. The maximum Gasteiger partial charge on any atom is 0.130 e. The summed E-state index contributed by atoms with van der Waals surface area (Å²) in [6, 6.07) is 0. The number of thiocarbonyl (C=S) groups is 1. The Labute approximate surface area is 67.0 Å². The molecule has 0 radical (unpaired) electrons. The third-order valence-corrected chi connectivity index (χ3v) is 1.14. The van der Waals surface area contributed by atoms with Crippen molar-refractivity contribution < 1.29 is 0 Å². The van der Waals surface area contributed by atoms with E-state index < -0.39 is 0 Å². The summed E-state index contributed by atoms with van der Waals surface area (Å²) in [5.41, 5.74) is 0. The van der Waals surface area contributed by atoms with E-state index in [4.69, 9.17) is 0 Å². The van der Waals surface area contributed by atoms with Crippen molar-refractivity contribution in [3.63, 3.8) is 0 Å². The summed E-state index contributed by atoms with van der Waals surface area (Å²) in [6.07, 6.45) is 0. The van der Waals surface area contributed by atoms with Crippen molar-refractivity contribution in [2.75, 3.05) is 27.2 Å². The number of nitrogens with one attached hydrogen (secondary N) is 1. The van der Waals surface area contributed by atoms with Gasteiger partial charge in [0.15, 0.2) is 0 Å². The Bertz CT molecular complexity index is 93.0. The molecule has 0 aliphatic rings. The molecule has 1 N–H and O–H groups in total. The third-order valence-electron chi connectivity index (χ3n) is 0.835. The van der Waals surface area contributed by atoms with Gasteiger partial charge in [-0.15, -0.1) is 12.6 Å². The Morgan fingerprint density at radius 2 is 2.22 bits per heavy atom. The van der Waals surface area contributed by atoms with Crippen LogP contribution in [0, 0.1) is 0 Å². The molecule has 0 fully saturated rings. The fraction of sp³-hybridized carbons (Fsp3) is 0.800. The van der Waals surface area contributed by atoms with Crippen LogP contribution in [0.3, 0.4) is 0 Å². The van der Waals surface area contributed by atoms with Gasteiger partial charge in [-0.1, -0.05) is 12.2 Å². The summed E-state index contributed by atoms with van der Waals surface area (Å²) >= 11 is 8.58. The zero-order valence-corrected chi connectivity index (χ0v) is 7.43. The van der Waals surface area contributed by atoms with E-state index in [0.29, 0.717) is 4.32 Å². The van der Waals surface area contributed by atoms with Gasteiger partial charge in [-0.3, -0.25) is 0 Å². The summed E-state index contributed by atoms with van der Waals surface area (Å²) in [6.45, 7) is 1.86. The Morgan fingerprint density at radius 3 is 2.56 bits per heavy atom. The van der Waals surface area contributed by atoms with E-state index in [1.807, 2.05) is 14.1 Å². The van der Waals surface area contributed by atoms with E-state index in [9.17, 15) is 0 Å². The first-order chi connectivity index (χ1) is 4.13. The minimum Gasteiger partial charge on any atom is -0.370 e. The highest BCUT2D eigenvalue weighted by Crippen LogP contribution is 1.77. The molecule has 0 heterocycles. The van der Waals surface area contributed by atoms with E-state index in [0.717, 1.165) is 13.1 Å². The molecule has 0 aliphatic carbocycles. The first-order valence-electron chi connectivity index (χ1n) is 2.74. The highest BCUT2D eigenvalue weighted by Gasteiger charge is 1.88. The monoisotopic (exact) mass is 164 g/mol. The van der Waals surface area contributed by atoms with Crippen LogP contribution in [0.5, 0.6) is 0 Å². The summed E-state index contributed by atoms with van der Waals surface area (Å²) < 4.78 is 0.567. The van der Waals surface area contributed by atoms with Crippen LogP contribution < -0.4 is 5.32 Å². The number of rotatable bonds is 3. The number of nitrogens with zero attached hydrogens (tertiary/aromatic N) is 1. The lowest BCUT2D eigenvalue weighted by atomic mass is 10.6. The van der Waals surface area contributed by atoms with E-state index in [-0.39, 0.29) is 0 Å². The van der Waals surface area contributed by atoms with Crippen LogP contribution in [0.1, 0.15) is 0 Å². The number of hydrogen-bond donors (Lipinski definition) is 2. The maximum absolute atomic E-state index is 4.68. The van der Waals surface area contributed by atoms with Crippen LogP contribution in [0.2, 0.25) is 0 Å². The summed E-state index contributed by atoms with van der Waals surface area (Å²) in [5, 5.41) is 2.93. The topological polar surface area (TPSA) is 15.3 Å². The highest BCUT2D eigenvalue weighted by atomic mass is 32.1. The lowest BCUT2D eigenvalue weighted by molar-refractivity contribution is 0.413. The molecular weight excluding hydrogens is 152 g/mol. The van der Waals surface area contributed by atoms with Gasteiger partial charge >= 0.3 is 0 Å². The van der Waals surface area contributed by atoms with Crippen molar-refractivity contribution in [3.05, 3.63) is 0 Å². The molecule has 0 aromatic rings. The molecule has 0 unspecified atom stereocenters. The zero-order chi connectivity index (χ0) is 7.28. The molecule has 9 heavy (non-hydrogen) atoms. The molecule has 0 atom stereocenters. The van der Waals surface area contributed by atoms with E-state index in [2.05, 4.69) is 35.1 Å². The summed E-state index contributed by atoms with van der Waals surface area (Å²) in [4.78, 5) is 2.08. The van der Waals surface area contributed by atoms with Crippen LogP contribution in [0.4, 0.5) is 0 Å². The average Bonchev–Trinajstić information content (AvgIpc) is 1.63. The SMILES string of the molecule is CN(C)CCNC(=S)S. The minimum absolute atomic E-state index is 0.567. The second-order valence-corrected chi connectivity index (χ2v) is 3.19. The van der Waals surface area contributed by atoms with Crippen LogP contribution in [0.25, 0.3) is 0 Å². The predicted molar refractivity (Wildman–Crippen MR) is 48.1 cm³/mol. The van der Waals surface area contributed by atoms with Crippen LogP contribution in [-0.4, -0.2) is 36.4 Å². The van der Waals surface area contributed by atoms with Gasteiger partial charge in [-0.05, 0) is 14.1 Å². The van der Waals surface area contributed by atoms with Crippen molar-refractivity contribution in [3.8, 4) is 0 Å². The van der Waals surface area contributed by atoms with Gasteiger partial charge in [-0.2, -0.15) is 0 Å². The van der Waals surface area contributed by atoms with Crippen molar-refractivity contribution in [1.82, 2.24) is 10.2 Å². The van der Waals surface area contributed by atoms with Crippen molar-refractivity contribution in [2.45, 2.75) is 0 Å². The standard InChI is InChI=1S/C5H12N2S2/c1-7(2)4-3-6-5(8)9/h3-4H2,1-2H3,(H2,6,8,9). The third kappa shape index (κ3) is 8.20. The molecule has 0 rings (SSSR count). The Morgan fingerprint density at radius 1 is 1.67 bits per heavy atom. The molecule has 0 spiro atoms. The number of hydrogen-bond acceptors (Lipinski definition) is 2. The molecule has 4 heteroatoms. The van der Waals surface area contributed by atoms with Gasteiger partial charge in [0.25, 0.3) is 0 Å². The molecule has 0 aliphatic heterocycles. The maximum atomic E-state index is 4.68. The Balaban J connectivity index is 3.01. The molecule has 0 aromatic heterocycles. The van der Waals surface area contributed by atoms with E-state index in [1.54, 1.807) is 0 Å². The molecule has 0 bridgehead atoms. The van der Waals surface area contributed by atoms with Crippen LogP contribution in [-0.2, 0) is 0 Å². The minimum atomic E-state index is 0.567. The van der Waals surface area contributed by atoms with Gasteiger partial charge in [0.2, 0.25) is 0 Å². The van der Waals surface area contributed by atoms with Crippen LogP contribution >= 0.6 is 24.8 Å². The predicted octanol–water partition coefficient (Wildman–Crippen LogP) is 0.352. The molecule has 0 aromatic carbocycles. The summed E-state index contributed by atoms with van der Waals surface area (Å²) in [7, 11) is 4.03. The fourth-order valence-electron chi connectivity index (χ4n) is 0.386. The smallest absolute Gasteiger partial charge is 0.130 e. The van der Waals surface area contributed by atoms with E-state index in [1.165, 1.54) is 0 Å². The number of thiol groups is 1. The van der Waals surface area contributed by atoms with Gasteiger partial charge in [0.1, 0.15) is 4.32 Å². The highest BCUT2D eigenvalue weighted by molar-refractivity contribution is 8.11. The lowest BCUT2D eigenvalue weighted by Gasteiger charge is -2.09. The van der Waals surface area contributed by atoms with Crippen molar-refractivity contribution in [2.24, 2.45) is 0 Å². The van der Waals surface area contributed by atoms with Crippen molar-refractivity contribution >= 4 is 29.2 Å². The van der Waals surface area contributed by atoms with E-state index >= 15 is 0 Å². The molecule has 0 saturated heterocycles. The van der Waals surface area contributed by atoms with Crippen LogP contribution in [0.15, 0.2) is 0 Å². The van der Waals surface area contributed by atoms with Gasteiger partial charge < -0.3 is 10.2 Å². The molecular formula is C5H12N2S2. The van der Waals surface area contributed by atoms with Gasteiger partial charge in [-0.25, -0.2) is 0 Å². The normalized spacial score (nSPS) is 9.78. The second-order valence-electron chi connectivity index (χ2n) is 2.04. The lowest BCUT2D eigenvalue weighted by Crippen LogP contribution is -2.27. The average molecular weight is 164 g/mol. The van der Waals surface area contributed by atoms with Crippen molar-refractivity contribution in [1.29, 1.82) is 0 Å². The fourth-order valence-corrected chi connectivity index (χ4v) is 0.600. The first kappa shape index (κ1) is 9.20. The van der Waals surface area contributed by atoms with Gasteiger partial charge in [0, 0.05) is 13.1 Å². The molecule has 0 saturated carbocycles. The Hall–Kier alpha value is 0.200. The first-order valence-corrected chi connectivity index (χ1v) is 3.60. The largest absolute Gasteiger partial charge is 0.370 e. The quantitative estimate of drug-likeness (QED) is 0.463. The van der Waals surface area contributed by atoms with Gasteiger partial charge in [0.05, 0.1) is 0 Å². The zero-order valence-electron chi connectivity index (χ0n) is 5.72. The second kappa shape index (κ2) is 5.02. The number of likely N-dealkylation sites (N-methyl/N-ethyl adjacent to an activating group) is 1. The summed E-state index contributed by atoms with van der Waals surface area (Å²) in [5.74, 6) is 0. The molecule has 2 nitrogen and oxygen atoms in total. The Kier molecular flexibility index (Phi) is 5.13.